The smallest absolute Gasteiger partial charge is 0.238 e. The topological polar surface area (TPSA) is 113 Å². The fraction of sp³-hybridized carbons (Fsp3) is 0.118. The van der Waals surface area contributed by atoms with Crippen LogP contribution in [0.25, 0.3) is 22.1 Å². The molecule has 0 fully saturated rings. The molecular formula is C17H15N5O3S. The molecule has 26 heavy (non-hydrogen) atoms. The van der Waals surface area contributed by atoms with Crippen molar-refractivity contribution in [2.45, 2.75) is 11.4 Å². The monoisotopic (exact) mass is 369 g/mol. The summed E-state index contributed by atoms with van der Waals surface area (Å²) in [5.74, 6) is 0.633. The van der Waals surface area contributed by atoms with E-state index >= 15 is 0 Å². The molecular weight excluding hydrogens is 354 g/mol. The average molecular weight is 369 g/mol. The number of primary sulfonamides is 1. The summed E-state index contributed by atoms with van der Waals surface area (Å²) in [6.45, 7) is 0.508. The molecule has 132 valence electrons. The molecule has 0 saturated carbocycles. The Morgan fingerprint density at radius 3 is 2.54 bits per heavy atom. The van der Waals surface area contributed by atoms with Crippen LogP contribution in [0, 0.1) is 0 Å². The number of ether oxygens (including phenoxy) is 1. The second-order valence-corrected chi connectivity index (χ2v) is 7.36. The minimum absolute atomic E-state index is 0.0835. The van der Waals surface area contributed by atoms with E-state index in [4.69, 9.17) is 9.88 Å². The normalized spacial score (nSPS) is 11.9. The number of aromatic nitrogens is 4. The van der Waals surface area contributed by atoms with E-state index in [1.54, 1.807) is 38.0 Å². The molecule has 0 amide bonds. The van der Waals surface area contributed by atoms with Crippen molar-refractivity contribution in [2.75, 3.05) is 7.11 Å². The van der Waals surface area contributed by atoms with E-state index in [1.807, 2.05) is 10.6 Å². The lowest BCUT2D eigenvalue weighted by Gasteiger charge is -2.08. The molecule has 0 bridgehead atoms. The van der Waals surface area contributed by atoms with E-state index < -0.39 is 10.0 Å². The third kappa shape index (κ3) is 2.87. The Balaban J connectivity index is 1.78. The largest absolute Gasteiger partial charge is 0.495 e. The van der Waals surface area contributed by atoms with Crippen LogP contribution in [-0.4, -0.2) is 35.0 Å². The zero-order valence-electron chi connectivity index (χ0n) is 13.8. The number of imidazole rings is 1. The quantitative estimate of drug-likeness (QED) is 0.586. The van der Waals surface area contributed by atoms with Gasteiger partial charge in [0.15, 0.2) is 0 Å². The first-order valence-electron chi connectivity index (χ1n) is 7.71. The second-order valence-electron chi connectivity index (χ2n) is 5.80. The van der Waals surface area contributed by atoms with Gasteiger partial charge in [-0.05, 0) is 17.7 Å². The van der Waals surface area contributed by atoms with E-state index in [9.17, 15) is 8.42 Å². The molecule has 0 aliphatic rings. The van der Waals surface area contributed by atoms with Crippen LogP contribution in [0.5, 0.6) is 5.75 Å². The first-order valence-corrected chi connectivity index (χ1v) is 9.25. The van der Waals surface area contributed by atoms with Crippen LogP contribution in [0.3, 0.4) is 0 Å². The Kier molecular flexibility index (Phi) is 3.82. The summed E-state index contributed by atoms with van der Waals surface area (Å²) in [5.41, 5.74) is 3.94. The van der Waals surface area contributed by atoms with Gasteiger partial charge in [-0.2, -0.15) is 0 Å². The van der Waals surface area contributed by atoms with Crippen LogP contribution in [0.2, 0.25) is 0 Å². The highest BCUT2D eigenvalue weighted by molar-refractivity contribution is 7.89. The van der Waals surface area contributed by atoms with Crippen LogP contribution in [0.15, 0.2) is 53.9 Å². The summed E-state index contributed by atoms with van der Waals surface area (Å²) in [4.78, 5) is 13.3. The van der Waals surface area contributed by atoms with Crippen molar-refractivity contribution in [1.29, 1.82) is 0 Å². The first-order chi connectivity index (χ1) is 12.5. The zero-order chi connectivity index (χ0) is 18.3. The first kappa shape index (κ1) is 16.4. The van der Waals surface area contributed by atoms with Gasteiger partial charge in [-0.3, -0.25) is 4.98 Å². The summed E-state index contributed by atoms with van der Waals surface area (Å²) in [7, 11) is -2.12. The highest BCUT2D eigenvalue weighted by atomic mass is 32.2. The highest BCUT2D eigenvalue weighted by Crippen LogP contribution is 2.24. The maximum absolute atomic E-state index is 11.4. The molecule has 3 aromatic heterocycles. The molecule has 0 saturated heterocycles. The SMILES string of the molecule is COc1cnc2c(c1)ncc1ncn(Cc3ccc(S(N)(=O)=O)cc3)c12. The zero-order valence-corrected chi connectivity index (χ0v) is 14.6. The Bertz CT molecular complexity index is 1220. The fourth-order valence-corrected chi connectivity index (χ4v) is 3.32. The van der Waals surface area contributed by atoms with Crippen molar-refractivity contribution >= 4 is 32.1 Å². The Morgan fingerprint density at radius 2 is 1.85 bits per heavy atom. The minimum Gasteiger partial charge on any atom is -0.495 e. The number of sulfonamides is 1. The van der Waals surface area contributed by atoms with Gasteiger partial charge in [0.1, 0.15) is 16.8 Å². The molecule has 1 aromatic carbocycles. The maximum atomic E-state index is 11.4. The molecule has 9 heteroatoms. The van der Waals surface area contributed by atoms with Gasteiger partial charge in [-0.1, -0.05) is 12.1 Å². The number of pyridine rings is 2. The molecule has 0 unspecified atom stereocenters. The number of nitrogens with zero attached hydrogens (tertiary/aromatic N) is 4. The summed E-state index contributed by atoms with van der Waals surface area (Å²) >= 11 is 0. The van der Waals surface area contributed by atoms with Crippen LogP contribution in [0.1, 0.15) is 5.56 Å². The van der Waals surface area contributed by atoms with Gasteiger partial charge in [-0.25, -0.2) is 23.5 Å². The van der Waals surface area contributed by atoms with Crippen LogP contribution in [-0.2, 0) is 16.6 Å². The van der Waals surface area contributed by atoms with Gasteiger partial charge in [0.05, 0.1) is 41.8 Å². The van der Waals surface area contributed by atoms with Crippen LogP contribution >= 0.6 is 0 Å². The minimum atomic E-state index is -3.70. The van der Waals surface area contributed by atoms with Gasteiger partial charge in [0, 0.05) is 12.6 Å². The van der Waals surface area contributed by atoms with Crippen molar-refractivity contribution in [3.63, 3.8) is 0 Å². The maximum Gasteiger partial charge on any atom is 0.238 e. The van der Waals surface area contributed by atoms with Gasteiger partial charge in [-0.15, -0.1) is 0 Å². The van der Waals surface area contributed by atoms with E-state index in [0.29, 0.717) is 17.8 Å². The summed E-state index contributed by atoms with van der Waals surface area (Å²) in [6, 6.07) is 8.26. The molecule has 2 N–H and O–H groups in total. The van der Waals surface area contributed by atoms with E-state index in [0.717, 1.165) is 22.1 Å². The predicted molar refractivity (Wildman–Crippen MR) is 96.3 cm³/mol. The molecule has 3 heterocycles. The lowest BCUT2D eigenvalue weighted by molar-refractivity contribution is 0.413. The number of methoxy groups -OCH3 is 1. The molecule has 4 aromatic rings. The molecule has 0 radical (unpaired) electrons. The summed E-state index contributed by atoms with van der Waals surface area (Å²) in [6.07, 6.45) is 5.05. The van der Waals surface area contributed by atoms with Gasteiger partial charge >= 0.3 is 0 Å². The van der Waals surface area contributed by atoms with Gasteiger partial charge < -0.3 is 9.30 Å². The second kappa shape index (κ2) is 6.04. The number of benzene rings is 1. The lowest BCUT2D eigenvalue weighted by Crippen LogP contribution is -2.12. The molecule has 0 aliphatic heterocycles. The number of nitrogens with two attached hydrogens (primary N) is 1. The molecule has 0 spiro atoms. The molecule has 0 aliphatic carbocycles. The molecule has 8 nitrogen and oxygen atoms in total. The molecule has 4 rings (SSSR count). The Labute approximate surface area is 149 Å². The van der Waals surface area contributed by atoms with Gasteiger partial charge in [0.2, 0.25) is 10.0 Å². The van der Waals surface area contributed by atoms with Crippen molar-refractivity contribution in [2.24, 2.45) is 5.14 Å². The third-order valence-corrected chi connectivity index (χ3v) is 5.03. The van der Waals surface area contributed by atoms with E-state index in [-0.39, 0.29) is 4.90 Å². The lowest BCUT2D eigenvalue weighted by atomic mass is 10.2. The number of hydrogen-bond acceptors (Lipinski definition) is 6. The standard InChI is InChI=1S/C17H15N5O3S/c1-25-12-6-14-16(20-7-12)17-15(8-19-14)21-10-22(17)9-11-2-4-13(5-3-11)26(18,23)24/h2-8,10H,9H2,1H3,(H2,18,23,24). The Morgan fingerprint density at radius 1 is 1.08 bits per heavy atom. The molecule has 0 atom stereocenters. The summed E-state index contributed by atoms with van der Waals surface area (Å²) < 4.78 is 29.9. The van der Waals surface area contributed by atoms with Crippen molar-refractivity contribution in [3.8, 4) is 5.75 Å². The number of hydrogen-bond donors (Lipinski definition) is 1. The number of fused-ring (bicyclic) bond motifs is 3. The summed E-state index contributed by atoms with van der Waals surface area (Å²) in [5, 5.41) is 5.13. The van der Waals surface area contributed by atoms with Crippen molar-refractivity contribution in [3.05, 3.63) is 54.6 Å². The van der Waals surface area contributed by atoms with Gasteiger partial charge in [0.25, 0.3) is 0 Å². The van der Waals surface area contributed by atoms with E-state index in [2.05, 4.69) is 15.0 Å². The third-order valence-electron chi connectivity index (χ3n) is 4.10. The average Bonchev–Trinajstić information content (AvgIpc) is 3.04. The number of rotatable bonds is 4. The van der Waals surface area contributed by atoms with Crippen LogP contribution in [0.4, 0.5) is 0 Å². The highest BCUT2D eigenvalue weighted by Gasteiger charge is 2.12. The van der Waals surface area contributed by atoms with Crippen LogP contribution < -0.4 is 9.88 Å². The van der Waals surface area contributed by atoms with Crippen molar-refractivity contribution < 1.29 is 13.2 Å². The Hall–Kier alpha value is -3.04. The van der Waals surface area contributed by atoms with Crippen molar-refractivity contribution in [1.82, 2.24) is 19.5 Å². The fourth-order valence-electron chi connectivity index (χ4n) is 2.81. The predicted octanol–water partition coefficient (Wildman–Crippen LogP) is 1.68. The van der Waals surface area contributed by atoms with E-state index in [1.165, 1.54) is 12.1 Å².